The number of pyridine rings is 1. The summed E-state index contributed by atoms with van der Waals surface area (Å²) in [6, 6.07) is -0.211. The Bertz CT molecular complexity index is 1210. The van der Waals surface area contributed by atoms with Crippen molar-refractivity contribution in [1.82, 2.24) is 25.9 Å². The van der Waals surface area contributed by atoms with E-state index in [1.165, 1.54) is 18.3 Å². The van der Waals surface area contributed by atoms with Gasteiger partial charge in [-0.2, -0.15) is 13.2 Å². The molecule has 3 amide bonds. The lowest BCUT2D eigenvalue weighted by Gasteiger charge is -2.33. The van der Waals surface area contributed by atoms with Crippen molar-refractivity contribution < 1.29 is 41.0 Å². The van der Waals surface area contributed by atoms with Gasteiger partial charge in [-0.25, -0.2) is 18.4 Å². The first kappa shape index (κ1) is 28.4. The highest BCUT2D eigenvalue weighted by molar-refractivity contribution is 6.00. The van der Waals surface area contributed by atoms with Crippen LogP contribution in [0.25, 0.3) is 0 Å². The first-order valence-corrected chi connectivity index (χ1v) is 12.5. The van der Waals surface area contributed by atoms with Gasteiger partial charge in [0.25, 0.3) is 5.91 Å². The molecule has 0 spiro atoms. The highest BCUT2D eigenvalue weighted by Crippen LogP contribution is 2.38. The lowest BCUT2D eigenvalue weighted by molar-refractivity contribution is -0.154. The molecule has 4 rings (SSSR count). The number of carbonyl (C=O) groups excluding carboxylic acids is 3. The van der Waals surface area contributed by atoms with Crippen LogP contribution >= 0.6 is 0 Å². The minimum absolute atomic E-state index is 0.0133. The number of hydrogen-bond acceptors (Lipinski definition) is 7. The Balaban J connectivity index is 1.47. The first-order valence-electron chi connectivity index (χ1n) is 12.5. The van der Waals surface area contributed by atoms with Crippen molar-refractivity contribution in [2.24, 2.45) is 11.8 Å². The molecule has 39 heavy (non-hydrogen) atoms. The number of nitrogens with zero attached hydrogens (tertiary/aromatic N) is 3. The molecule has 2 aliphatic rings. The van der Waals surface area contributed by atoms with Gasteiger partial charge >= 0.3 is 6.18 Å². The van der Waals surface area contributed by atoms with Crippen LogP contribution in [0.4, 0.5) is 27.8 Å². The number of amides is 3. The van der Waals surface area contributed by atoms with E-state index < -0.39 is 73.0 Å². The number of nitrogens with one attached hydrogen (secondary N) is 3. The quantitative estimate of drug-likeness (QED) is 0.423. The van der Waals surface area contributed by atoms with Crippen LogP contribution in [0.5, 0.6) is 0 Å². The predicted octanol–water partition coefficient (Wildman–Crippen LogP) is 3.20. The van der Waals surface area contributed by atoms with E-state index in [0.717, 1.165) is 0 Å². The van der Waals surface area contributed by atoms with Crippen LogP contribution in [0.1, 0.15) is 60.8 Å². The minimum atomic E-state index is -4.55. The highest BCUT2D eigenvalue weighted by atomic mass is 19.4. The number of aromatic nitrogens is 3. The van der Waals surface area contributed by atoms with Gasteiger partial charge in [-0.15, -0.1) is 0 Å². The monoisotopic (exact) mass is 558 g/mol. The van der Waals surface area contributed by atoms with Crippen molar-refractivity contribution in [1.29, 1.82) is 0 Å². The van der Waals surface area contributed by atoms with Crippen molar-refractivity contribution in [3.63, 3.8) is 0 Å². The van der Waals surface area contributed by atoms with Crippen molar-refractivity contribution >= 4 is 23.5 Å². The molecule has 1 saturated heterocycles. The second kappa shape index (κ2) is 11.2. The zero-order valence-corrected chi connectivity index (χ0v) is 20.9. The van der Waals surface area contributed by atoms with Crippen LogP contribution in [0.15, 0.2) is 23.0 Å². The Labute approximate surface area is 219 Å². The van der Waals surface area contributed by atoms with E-state index in [2.05, 4.69) is 30.6 Å². The number of alkyl halides is 5. The van der Waals surface area contributed by atoms with Crippen LogP contribution in [-0.2, 0) is 22.4 Å². The Morgan fingerprint density at radius 2 is 1.95 bits per heavy atom. The first-order chi connectivity index (χ1) is 18.4. The van der Waals surface area contributed by atoms with Crippen LogP contribution in [0.3, 0.4) is 0 Å². The molecule has 3 heterocycles. The molecule has 1 saturated carbocycles. The Morgan fingerprint density at radius 1 is 1.23 bits per heavy atom. The second-order valence-corrected chi connectivity index (χ2v) is 9.84. The molecule has 1 aliphatic heterocycles. The molecule has 1 aliphatic carbocycles. The molecule has 0 aromatic carbocycles. The fraction of sp³-hybridized carbons (Fsp3) is 0.583. The summed E-state index contributed by atoms with van der Waals surface area (Å²) in [5, 5.41) is 14.3. The van der Waals surface area contributed by atoms with Gasteiger partial charge in [0.1, 0.15) is 23.6 Å². The molecule has 2 aromatic rings. The van der Waals surface area contributed by atoms with Crippen molar-refractivity contribution in [2.45, 2.75) is 76.1 Å². The maximum Gasteiger partial charge on any atom is 0.408 e. The summed E-state index contributed by atoms with van der Waals surface area (Å²) in [7, 11) is 0. The lowest BCUT2D eigenvalue weighted by atomic mass is 9.81. The minimum Gasteiger partial charge on any atom is -0.344 e. The van der Waals surface area contributed by atoms with Gasteiger partial charge in [-0.05, 0) is 60.9 Å². The highest BCUT2D eigenvalue weighted by Gasteiger charge is 2.47. The molecule has 10 nitrogen and oxygen atoms in total. The maximum atomic E-state index is 13.8. The number of aryl methyl sites for hydroxylation is 1. The molecule has 2 aromatic heterocycles. The zero-order chi connectivity index (χ0) is 28.4. The van der Waals surface area contributed by atoms with Crippen molar-refractivity contribution in [3.05, 3.63) is 35.3 Å². The third-order valence-electron chi connectivity index (χ3n) is 7.07. The lowest BCUT2D eigenvalue weighted by Crippen LogP contribution is -2.50. The molecule has 3 N–H and O–H groups in total. The Hall–Kier alpha value is -3.65. The van der Waals surface area contributed by atoms with Gasteiger partial charge < -0.3 is 16.0 Å². The zero-order valence-electron chi connectivity index (χ0n) is 20.9. The fourth-order valence-electron chi connectivity index (χ4n) is 4.90. The van der Waals surface area contributed by atoms with Gasteiger partial charge in [-0.3, -0.25) is 14.4 Å². The van der Waals surface area contributed by atoms with Crippen LogP contribution in [0.2, 0.25) is 0 Å². The Kier molecular flexibility index (Phi) is 8.16. The van der Waals surface area contributed by atoms with Crippen molar-refractivity contribution in [2.75, 3.05) is 5.32 Å². The number of hydrogen-bond donors (Lipinski definition) is 3. The van der Waals surface area contributed by atoms with Crippen LogP contribution in [0, 0.1) is 11.8 Å². The summed E-state index contributed by atoms with van der Waals surface area (Å²) in [4.78, 5) is 42.3. The predicted molar refractivity (Wildman–Crippen MR) is 124 cm³/mol. The van der Waals surface area contributed by atoms with E-state index in [4.69, 9.17) is 0 Å². The topological polar surface area (TPSA) is 139 Å². The molecular formula is C24H27F5N6O4. The SMILES string of the molecule is CCc1nonc1C(=O)N[C@H](C(=O)Nc1cc(C[C@H]2C[C@@H](C(F)(F)F)NC2=O)ccn1)C1CCC(F)(F)CC1. The second-order valence-electron chi connectivity index (χ2n) is 9.84. The molecule has 0 bridgehead atoms. The third-order valence-corrected chi connectivity index (χ3v) is 7.07. The number of carbonyl (C=O) groups is 3. The van der Waals surface area contributed by atoms with Gasteiger partial charge in [0, 0.05) is 25.0 Å². The van der Waals surface area contributed by atoms with E-state index in [9.17, 15) is 36.3 Å². The molecule has 212 valence electrons. The molecule has 15 heteroatoms. The van der Waals surface area contributed by atoms with Gasteiger partial charge in [-0.1, -0.05) is 12.1 Å². The van der Waals surface area contributed by atoms with Gasteiger partial charge in [0.15, 0.2) is 5.69 Å². The van der Waals surface area contributed by atoms with Crippen LogP contribution < -0.4 is 16.0 Å². The molecule has 0 radical (unpaired) electrons. The third kappa shape index (κ3) is 6.87. The maximum absolute atomic E-state index is 13.8. The van der Waals surface area contributed by atoms with E-state index in [1.807, 2.05) is 5.32 Å². The normalized spacial score (nSPS) is 22.3. The summed E-state index contributed by atoms with van der Waals surface area (Å²) >= 11 is 0. The number of anilines is 1. The van der Waals surface area contributed by atoms with E-state index >= 15 is 0 Å². The van der Waals surface area contributed by atoms with E-state index in [-0.39, 0.29) is 36.5 Å². The fourth-order valence-corrected chi connectivity index (χ4v) is 4.90. The average Bonchev–Trinajstić information content (AvgIpc) is 3.49. The standard InChI is InChI=1S/C24H27F5N6O4/c1-2-15-19(35-39-34-15)22(38)33-18(13-3-6-23(25,26)7-4-13)21(37)32-17-10-12(5-8-30-17)9-14-11-16(24(27,28)29)31-20(14)36/h5,8,10,13-14,16,18H,2-4,6-7,9,11H2,1H3,(H,31,36)(H,33,38)(H,30,32,37)/t14-,16-,18-/m0/s1. The number of halogens is 5. The molecule has 0 unspecified atom stereocenters. The Morgan fingerprint density at radius 3 is 2.59 bits per heavy atom. The molecular weight excluding hydrogens is 531 g/mol. The summed E-state index contributed by atoms with van der Waals surface area (Å²) in [5.74, 6) is -6.54. The summed E-state index contributed by atoms with van der Waals surface area (Å²) in [5.41, 5.74) is 0.603. The van der Waals surface area contributed by atoms with E-state index in [0.29, 0.717) is 12.0 Å². The van der Waals surface area contributed by atoms with Gasteiger partial charge in [0.05, 0.1) is 0 Å². The number of rotatable bonds is 8. The largest absolute Gasteiger partial charge is 0.408 e. The molecule has 3 atom stereocenters. The smallest absolute Gasteiger partial charge is 0.344 e. The average molecular weight is 559 g/mol. The summed E-state index contributed by atoms with van der Waals surface area (Å²) < 4.78 is 71.1. The van der Waals surface area contributed by atoms with Crippen LogP contribution in [-0.4, -0.2) is 57.2 Å². The van der Waals surface area contributed by atoms with Gasteiger partial charge in [0.2, 0.25) is 17.7 Å². The van der Waals surface area contributed by atoms with Crippen molar-refractivity contribution in [3.8, 4) is 0 Å². The van der Waals surface area contributed by atoms with E-state index in [1.54, 1.807) is 6.92 Å². The summed E-state index contributed by atoms with van der Waals surface area (Å²) in [6.45, 7) is 1.72. The molecule has 2 fully saturated rings. The summed E-state index contributed by atoms with van der Waals surface area (Å²) in [6.07, 6.45) is -4.26.